The van der Waals surface area contributed by atoms with Crippen molar-refractivity contribution in [2.24, 2.45) is 11.7 Å². The molecule has 10 heavy (non-hydrogen) atoms. The van der Waals surface area contributed by atoms with E-state index in [1.807, 2.05) is 4.90 Å². The normalized spacial score (nSPS) is 22.9. The maximum atomic E-state index is 10.6. The second-order valence-corrected chi connectivity index (χ2v) is 2.79. The molecule has 1 amide bonds. The fraction of sp³-hybridized carbons (Fsp3) is 0.714. The minimum atomic E-state index is -0.159. The minimum absolute atomic E-state index is 0.0954. The lowest BCUT2D eigenvalue weighted by Gasteiger charge is -2.32. The number of carbonyl (C=O) groups excluding carboxylic acids is 1. The molecular weight excluding hydrogens is 128 g/mol. The molecule has 0 aliphatic carbocycles. The molecule has 1 fully saturated rings. The van der Waals surface area contributed by atoms with Crippen molar-refractivity contribution >= 4 is 5.91 Å². The molecule has 0 spiro atoms. The predicted octanol–water partition coefficient (Wildman–Crippen LogP) is -0.0247. The van der Waals surface area contributed by atoms with Crippen LogP contribution in [0.5, 0.6) is 0 Å². The van der Waals surface area contributed by atoms with E-state index in [0.29, 0.717) is 0 Å². The van der Waals surface area contributed by atoms with Crippen LogP contribution in [0.1, 0.15) is 12.8 Å². The van der Waals surface area contributed by atoms with Crippen LogP contribution in [-0.4, -0.2) is 23.9 Å². The molecule has 0 atom stereocenters. The largest absolute Gasteiger partial charge is 0.459 e. The first-order valence-electron chi connectivity index (χ1n) is 3.55. The van der Waals surface area contributed by atoms with Crippen molar-refractivity contribution in [1.29, 1.82) is 0 Å². The Bertz CT molecular complexity index is 128. The Balaban J connectivity index is 2.33. The van der Waals surface area contributed by atoms with Gasteiger partial charge in [0.15, 0.2) is 0 Å². The van der Waals surface area contributed by atoms with Crippen molar-refractivity contribution in [3.8, 4) is 0 Å². The topological polar surface area (TPSA) is 46.3 Å². The third kappa shape index (κ3) is 1.70. The smallest absolute Gasteiger partial charge is 0.220 e. The quantitative estimate of drug-likeness (QED) is 0.521. The van der Waals surface area contributed by atoms with E-state index in [-0.39, 0.29) is 11.8 Å². The number of nitrogens with two attached hydrogens (primary N) is 1. The molecule has 1 aliphatic rings. The van der Waals surface area contributed by atoms with Crippen LogP contribution in [0.3, 0.4) is 0 Å². The Kier molecular flexibility index (Phi) is 2.27. The highest BCUT2D eigenvalue weighted by Gasteiger charge is 2.18. The lowest BCUT2D eigenvalue weighted by molar-refractivity contribution is -0.122. The molecule has 0 saturated carbocycles. The summed E-state index contributed by atoms with van der Waals surface area (Å²) in [6.45, 7) is 1.79. The molecule has 0 aromatic heterocycles. The van der Waals surface area contributed by atoms with Crippen molar-refractivity contribution in [2.75, 3.05) is 13.1 Å². The molecule has 2 N–H and O–H groups in total. The molecule has 58 valence electrons. The van der Waals surface area contributed by atoms with Crippen molar-refractivity contribution in [3.63, 3.8) is 0 Å². The van der Waals surface area contributed by atoms with Crippen LogP contribution < -0.4 is 5.73 Å². The van der Waals surface area contributed by atoms with Gasteiger partial charge in [0, 0.05) is 5.92 Å². The highest BCUT2D eigenvalue weighted by molar-refractivity contribution is 5.76. The number of piperidine rings is 1. The molecular formula is C7H13N2O-. The summed E-state index contributed by atoms with van der Waals surface area (Å²) < 4.78 is 0. The van der Waals surface area contributed by atoms with Crippen LogP contribution in [0.15, 0.2) is 0 Å². The number of primary amides is 1. The first-order valence-corrected chi connectivity index (χ1v) is 3.55. The zero-order chi connectivity index (χ0) is 7.56. The van der Waals surface area contributed by atoms with E-state index in [1.54, 1.807) is 0 Å². The average Bonchev–Trinajstić information content (AvgIpc) is 1.88. The average molecular weight is 141 g/mol. The summed E-state index contributed by atoms with van der Waals surface area (Å²) >= 11 is 0. The van der Waals surface area contributed by atoms with Gasteiger partial charge in [0.25, 0.3) is 0 Å². The van der Waals surface area contributed by atoms with Gasteiger partial charge < -0.3 is 10.6 Å². The number of carbonyl (C=O) groups is 1. The number of hydrogen-bond donors (Lipinski definition) is 1. The fourth-order valence-electron chi connectivity index (χ4n) is 1.22. The predicted molar refractivity (Wildman–Crippen MR) is 38.8 cm³/mol. The molecule has 1 aliphatic heterocycles. The minimum Gasteiger partial charge on any atom is -0.459 e. The zero-order valence-electron chi connectivity index (χ0n) is 6.05. The summed E-state index contributed by atoms with van der Waals surface area (Å²) in [5, 5.41) is 0. The fourth-order valence-corrected chi connectivity index (χ4v) is 1.22. The van der Waals surface area contributed by atoms with E-state index in [9.17, 15) is 4.79 Å². The van der Waals surface area contributed by atoms with Gasteiger partial charge in [0.1, 0.15) is 0 Å². The van der Waals surface area contributed by atoms with Gasteiger partial charge in [0.2, 0.25) is 5.91 Å². The van der Waals surface area contributed by atoms with Crippen LogP contribution in [0, 0.1) is 13.0 Å². The summed E-state index contributed by atoms with van der Waals surface area (Å²) in [7, 11) is 3.77. The Morgan fingerprint density at radius 1 is 1.50 bits per heavy atom. The molecule has 0 unspecified atom stereocenters. The van der Waals surface area contributed by atoms with Crippen LogP contribution >= 0.6 is 0 Å². The maximum absolute atomic E-state index is 10.6. The van der Waals surface area contributed by atoms with E-state index in [2.05, 4.69) is 7.05 Å². The Hall–Kier alpha value is -0.570. The van der Waals surface area contributed by atoms with E-state index in [4.69, 9.17) is 5.73 Å². The van der Waals surface area contributed by atoms with E-state index in [0.717, 1.165) is 25.9 Å². The molecule has 1 rings (SSSR count). The Morgan fingerprint density at radius 3 is 2.40 bits per heavy atom. The zero-order valence-corrected chi connectivity index (χ0v) is 6.05. The van der Waals surface area contributed by atoms with E-state index in [1.165, 1.54) is 0 Å². The van der Waals surface area contributed by atoms with Gasteiger partial charge >= 0.3 is 0 Å². The lowest BCUT2D eigenvalue weighted by Crippen LogP contribution is -2.35. The molecule has 1 heterocycles. The van der Waals surface area contributed by atoms with Gasteiger partial charge in [-0.2, -0.15) is 0 Å². The summed E-state index contributed by atoms with van der Waals surface area (Å²) in [4.78, 5) is 12.6. The number of amides is 1. The third-order valence-electron chi connectivity index (χ3n) is 1.99. The van der Waals surface area contributed by atoms with Crippen molar-refractivity contribution in [3.05, 3.63) is 7.05 Å². The second kappa shape index (κ2) is 3.01. The van der Waals surface area contributed by atoms with Gasteiger partial charge in [-0.25, -0.2) is 0 Å². The standard InChI is InChI=1S/C7H13N2O/c1-9-4-2-6(3-5-9)7(8)10/h6H,1-5H2,(H2,8,10)/q-1. The Morgan fingerprint density at radius 2 is 2.00 bits per heavy atom. The summed E-state index contributed by atoms with van der Waals surface area (Å²) in [5.74, 6) is -0.0638. The lowest BCUT2D eigenvalue weighted by atomic mass is 9.97. The summed E-state index contributed by atoms with van der Waals surface area (Å²) in [5.41, 5.74) is 5.13. The molecule has 0 aromatic carbocycles. The molecule has 0 bridgehead atoms. The maximum Gasteiger partial charge on any atom is 0.220 e. The Labute approximate surface area is 61.2 Å². The first-order chi connectivity index (χ1) is 4.70. The second-order valence-electron chi connectivity index (χ2n) is 2.79. The molecule has 3 heteroatoms. The van der Waals surface area contributed by atoms with E-state index < -0.39 is 0 Å². The first kappa shape index (κ1) is 7.54. The highest BCUT2D eigenvalue weighted by Crippen LogP contribution is 2.14. The SMILES string of the molecule is [CH2-]N1CCC(C(N)=O)CC1. The van der Waals surface area contributed by atoms with Crippen LogP contribution in [0.4, 0.5) is 0 Å². The molecule has 1 saturated heterocycles. The number of hydrogen-bond acceptors (Lipinski definition) is 2. The number of rotatable bonds is 1. The van der Waals surface area contributed by atoms with Crippen LogP contribution in [0.25, 0.3) is 0 Å². The van der Waals surface area contributed by atoms with Crippen molar-refractivity contribution in [1.82, 2.24) is 4.90 Å². The van der Waals surface area contributed by atoms with Crippen molar-refractivity contribution in [2.45, 2.75) is 12.8 Å². The number of likely N-dealkylation sites (tertiary alicyclic amines) is 1. The van der Waals surface area contributed by atoms with Crippen LogP contribution in [0.2, 0.25) is 0 Å². The van der Waals surface area contributed by atoms with Crippen molar-refractivity contribution < 1.29 is 4.79 Å². The monoisotopic (exact) mass is 141 g/mol. The number of nitrogens with zero attached hydrogens (tertiary/aromatic N) is 1. The van der Waals surface area contributed by atoms with Gasteiger partial charge in [-0.05, 0) is 25.9 Å². The van der Waals surface area contributed by atoms with Gasteiger partial charge in [-0.15, -0.1) is 0 Å². The van der Waals surface area contributed by atoms with Gasteiger partial charge in [-0.1, -0.05) is 0 Å². The molecule has 3 nitrogen and oxygen atoms in total. The molecule has 0 radical (unpaired) electrons. The van der Waals surface area contributed by atoms with Crippen LogP contribution in [-0.2, 0) is 4.79 Å². The summed E-state index contributed by atoms with van der Waals surface area (Å²) in [6.07, 6.45) is 1.75. The summed E-state index contributed by atoms with van der Waals surface area (Å²) in [6, 6.07) is 0. The van der Waals surface area contributed by atoms with E-state index >= 15 is 0 Å². The van der Waals surface area contributed by atoms with Gasteiger partial charge in [-0.3, -0.25) is 11.8 Å². The van der Waals surface area contributed by atoms with Gasteiger partial charge in [0.05, 0.1) is 0 Å². The third-order valence-corrected chi connectivity index (χ3v) is 1.99. The molecule has 0 aromatic rings. The highest BCUT2D eigenvalue weighted by atomic mass is 16.1.